The Morgan fingerprint density at radius 1 is 1.62 bits per heavy atom. The lowest BCUT2D eigenvalue weighted by Gasteiger charge is -2.22. The van der Waals surface area contributed by atoms with Gasteiger partial charge >= 0.3 is 0 Å². The molecule has 1 aromatic rings. The SMILES string of the molecule is [B]C(C[C@H](O)c1cccs1)N(C)C. The van der Waals surface area contributed by atoms with Gasteiger partial charge < -0.3 is 10.0 Å². The summed E-state index contributed by atoms with van der Waals surface area (Å²) in [6.45, 7) is 0. The van der Waals surface area contributed by atoms with E-state index in [9.17, 15) is 5.11 Å². The van der Waals surface area contributed by atoms with Crippen LogP contribution >= 0.6 is 11.3 Å². The van der Waals surface area contributed by atoms with Crippen molar-refractivity contribution in [3.63, 3.8) is 0 Å². The molecule has 0 saturated heterocycles. The highest BCUT2D eigenvalue weighted by atomic mass is 32.1. The fourth-order valence-corrected chi connectivity index (χ4v) is 1.76. The molecule has 2 atom stereocenters. The third-order valence-corrected chi connectivity index (χ3v) is 2.97. The zero-order valence-corrected chi connectivity index (χ0v) is 8.79. The van der Waals surface area contributed by atoms with Gasteiger partial charge in [-0.2, -0.15) is 0 Å². The summed E-state index contributed by atoms with van der Waals surface area (Å²) in [7, 11) is 9.61. The number of aliphatic hydroxyl groups is 1. The van der Waals surface area contributed by atoms with Crippen LogP contribution in [0.5, 0.6) is 0 Å². The van der Waals surface area contributed by atoms with Crippen molar-refractivity contribution in [2.24, 2.45) is 0 Å². The van der Waals surface area contributed by atoms with Crippen LogP contribution < -0.4 is 0 Å². The van der Waals surface area contributed by atoms with E-state index in [1.165, 1.54) is 0 Å². The van der Waals surface area contributed by atoms with Gasteiger partial charge in [0.1, 0.15) is 0 Å². The summed E-state index contributed by atoms with van der Waals surface area (Å²) < 4.78 is 0. The largest absolute Gasteiger partial charge is 0.388 e. The first kappa shape index (κ1) is 10.8. The maximum Gasteiger partial charge on any atom is 0.0911 e. The molecule has 2 nitrogen and oxygen atoms in total. The second-order valence-corrected chi connectivity index (χ2v) is 4.28. The van der Waals surface area contributed by atoms with Crippen molar-refractivity contribution < 1.29 is 5.11 Å². The number of nitrogens with zero attached hydrogens (tertiary/aromatic N) is 1. The third-order valence-electron chi connectivity index (χ3n) is 2.00. The molecule has 0 spiro atoms. The Kier molecular flexibility index (Phi) is 3.97. The fraction of sp³-hybridized carbons (Fsp3) is 0.556. The molecule has 4 heteroatoms. The van der Waals surface area contributed by atoms with Crippen molar-refractivity contribution in [3.8, 4) is 0 Å². The van der Waals surface area contributed by atoms with Crippen molar-refractivity contribution in [2.45, 2.75) is 18.5 Å². The highest BCUT2D eigenvalue weighted by Gasteiger charge is 2.13. The lowest BCUT2D eigenvalue weighted by atomic mass is 9.89. The van der Waals surface area contributed by atoms with E-state index in [4.69, 9.17) is 7.85 Å². The van der Waals surface area contributed by atoms with E-state index < -0.39 is 6.10 Å². The summed E-state index contributed by atoms with van der Waals surface area (Å²) >= 11 is 1.56. The minimum atomic E-state index is -0.433. The summed E-state index contributed by atoms with van der Waals surface area (Å²) in [4.78, 5) is 2.88. The van der Waals surface area contributed by atoms with E-state index in [1.54, 1.807) is 11.3 Å². The topological polar surface area (TPSA) is 23.5 Å². The van der Waals surface area contributed by atoms with Gasteiger partial charge in [0.05, 0.1) is 14.0 Å². The standard InChI is InChI=1S/C9H14BNOS/c1-11(2)9(10)6-7(12)8-4-3-5-13-8/h3-5,7,9,12H,6H2,1-2H3/t7-,9?/m0/s1. The van der Waals surface area contributed by atoms with Gasteiger partial charge in [-0.3, -0.25) is 0 Å². The van der Waals surface area contributed by atoms with Gasteiger partial charge in [0, 0.05) is 4.88 Å². The molecule has 1 aromatic heterocycles. The average Bonchev–Trinajstić information content (AvgIpc) is 2.55. The molecule has 70 valence electrons. The lowest BCUT2D eigenvalue weighted by Crippen LogP contribution is -2.29. The predicted octanol–water partition coefficient (Wildman–Crippen LogP) is 1.23. The Morgan fingerprint density at radius 3 is 2.77 bits per heavy atom. The van der Waals surface area contributed by atoms with Crippen molar-refractivity contribution in [1.29, 1.82) is 0 Å². The van der Waals surface area contributed by atoms with Gasteiger partial charge in [0.25, 0.3) is 0 Å². The Balaban J connectivity index is 2.46. The zero-order chi connectivity index (χ0) is 9.84. The fourth-order valence-electron chi connectivity index (χ4n) is 1.04. The van der Waals surface area contributed by atoms with Crippen LogP contribution in [0.2, 0.25) is 0 Å². The first-order valence-corrected chi connectivity index (χ1v) is 5.12. The third kappa shape index (κ3) is 3.14. The summed E-state index contributed by atoms with van der Waals surface area (Å²) in [6.07, 6.45) is 0.144. The normalized spacial score (nSPS) is 16.0. The first-order chi connectivity index (χ1) is 6.11. The highest BCUT2D eigenvalue weighted by Crippen LogP contribution is 2.22. The molecule has 1 N–H and O–H groups in total. The van der Waals surface area contributed by atoms with E-state index in [1.807, 2.05) is 36.5 Å². The van der Waals surface area contributed by atoms with Crippen LogP contribution in [0.25, 0.3) is 0 Å². The van der Waals surface area contributed by atoms with Gasteiger partial charge in [0.15, 0.2) is 0 Å². The van der Waals surface area contributed by atoms with Crippen molar-refractivity contribution in [1.82, 2.24) is 4.90 Å². The van der Waals surface area contributed by atoms with Crippen LogP contribution in [-0.4, -0.2) is 37.9 Å². The van der Waals surface area contributed by atoms with Crippen LogP contribution in [0.15, 0.2) is 17.5 Å². The number of hydrogen-bond acceptors (Lipinski definition) is 3. The van der Waals surface area contributed by atoms with Crippen LogP contribution in [-0.2, 0) is 0 Å². The molecular formula is C9H14BNOS. The second-order valence-electron chi connectivity index (χ2n) is 3.30. The van der Waals surface area contributed by atoms with E-state index in [0.29, 0.717) is 6.42 Å². The molecule has 0 bridgehead atoms. The number of aliphatic hydroxyl groups excluding tert-OH is 1. The Labute approximate surface area is 84.6 Å². The number of rotatable bonds is 4. The van der Waals surface area contributed by atoms with Gasteiger partial charge in [-0.05, 0) is 37.9 Å². The minimum absolute atomic E-state index is 0.0860. The Morgan fingerprint density at radius 2 is 2.31 bits per heavy atom. The van der Waals surface area contributed by atoms with Crippen molar-refractivity contribution >= 4 is 19.2 Å². The van der Waals surface area contributed by atoms with Gasteiger partial charge in [-0.1, -0.05) is 6.07 Å². The molecule has 2 radical (unpaired) electrons. The molecule has 1 rings (SSSR count). The average molecular weight is 195 g/mol. The van der Waals surface area contributed by atoms with Gasteiger partial charge in [0.2, 0.25) is 0 Å². The summed E-state index contributed by atoms with van der Waals surface area (Å²) in [5, 5.41) is 11.7. The molecular weight excluding hydrogens is 181 g/mol. The van der Waals surface area contributed by atoms with Crippen molar-refractivity contribution in [3.05, 3.63) is 22.4 Å². The molecule has 0 saturated carbocycles. The highest BCUT2D eigenvalue weighted by molar-refractivity contribution is 7.10. The molecule has 0 aliphatic carbocycles. The smallest absolute Gasteiger partial charge is 0.0911 e. The number of hydrogen-bond donors (Lipinski definition) is 1. The maximum atomic E-state index is 9.73. The van der Waals surface area contributed by atoms with Gasteiger partial charge in [-0.15, -0.1) is 11.3 Å². The van der Waals surface area contributed by atoms with E-state index >= 15 is 0 Å². The predicted molar refractivity (Wildman–Crippen MR) is 57.1 cm³/mol. The van der Waals surface area contributed by atoms with Crippen molar-refractivity contribution in [2.75, 3.05) is 14.1 Å². The van der Waals surface area contributed by atoms with Gasteiger partial charge in [-0.25, -0.2) is 0 Å². The lowest BCUT2D eigenvalue weighted by molar-refractivity contribution is 0.149. The van der Waals surface area contributed by atoms with E-state index in [-0.39, 0.29) is 5.94 Å². The van der Waals surface area contributed by atoms with Crippen LogP contribution in [0.4, 0.5) is 0 Å². The second kappa shape index (κ2) is 4.79. The number of thiophene rings is 1. The molecule has 0 amide bonds. The van der Waals surface area contributed by atoms with E-state index in [2.05, 4.69) is 0 Å². The molecule has 0 aromatic carbocycles. The molecule has 1 heterocycles. The first-order valence-electron chi connectivity index (χ1n) is 4.24. The van der Waals surface area contributed by atoms with Crippen LogP contribution in [0.3, 0.4) is 0 Å². The maximum absolute atomic E-state index is 9.73. The summed E-state index contributed by atoms with van der Waals surface area (Å²) in [5.41, 5.74) is 0. The Bertz CT molecular complexity index is 238. The Hall–Kier alpha value is -0.315. The van der Waals surface area contributed by atoms with Crippen LogP contribution in [0, 0.1) is 0 Å². The molecule has 13 heavy (non-hydrogen) atoms. The minimum Gasteiger partial charge on any atom is -0.388 e. The van der Waals surface area contributed by atoms with E-state index in [0.717, 1.165) is 4.88 Å². The molecule has 0 aliphatic heterocycles. The monoisotopic (exact) mass is 195 g/mol. The zero-order valence-electron chi connectivity index (χ0n) is 7.97. The molecule has 0 fully saturated rings. The quantitative estimate of drug-likeness (QED) is 0.730. The summed E-state index contributed by atoms with van der Waals surface area (Å²) in [6, 6.07) is 3.86. The molecule has 1 unspecified atom stereocenters. The molecule has 0 aliphatic rings. The summed E-state index contributed by atoms with van der Waals surface area (Å²) in [5.74, 6) is -0.0860. The van der Waals surface area contributed by atoms with Crippen LogP contribution in [0.1, 0.15) is 17.4 Å².